The van der Waals surface area contributed by atoms with Gasteiger partial charge in [-0.2, -0.15) is 0 Å². The molecule has 7 heteroatoms. The van der Waals surface area contributed by atoms with Crippen LogP contribution in [0.4, 0.5) is 5.69 Å². The number of rotatable bonds is 7. The smallest absolute Gasteiger partial charge is 0.255 e. The molecule has 6 nitrogen and oxygen atoms in total. The average molecular weight is 469 g/mol. The molecule has 30 heavy (non-hydrogen) atoms. The summed E-state index contributed by atoms with van der Waals surface area (Å²) in [6.45, 7) is 0.330. The first kappa shape index (κ1) is 21.4. The van der Waals surface area contributed by atoms with Gasteiger partial charge < -0.3 is 20.5 Å². The molecule has 3 aromatic rings. The van der Waals surface area contributed by atoms with E-state index in [1.54, 1.807) is 48.5 Å². The number of carbonyl (C=O) groups is 2. The van der Waals surface area contributed by atoms with Gasteiger partial charge in [-0.3, -0.25) is 9.59 Å². The van der Waals surface area contributed by atoms with Gasteiger partial charge in [-0.1, -0.05) is 34.1 Å². The second kappa shape index (κ2) is 9.93. The van der Waals surface area contributed by atoms with E-state index < -0.39 is 0 Å². The van der Waals surface area contributed by atoms with Crippen molar-refractivity contribution in [3.05, 3.63) is 87.9 Å². The van der Waals surface area contributed by atoms with Crippen LogP contribution in [0.25, 0.3) is 0 Å². The molecule has 0 saturated heterocycles. The molecule has 0 fully saturated rings. The molecule has 0 aliphatic carbocycles. The fourth-order valence-corrected chi connectivity index (χ4v) is 3.06. The molecule has 0 atom stereocenters. The molecular weight excluding hydrogens is 448 g/mol. The third-order valence-corrected chi connectivity index (χ3v) is 4.95. The van der Waals surface area contributed by atoms with Crippen LogP contribution in [0.5, 0.6) is 11.5 Å². The number of phenolic OH excluding ortho intramolecular Hbond substituents is 1. The summed E-state index contributed by atoms with van der Waals surface area (Å²) in [5.41, 5.74) is 2.87. The van der Waals surface area contributed by atoms with Crippen molar-refractivity contribution in [1.82, 2.24) is 5.32 Å². The maximum atomic E-state index is 12.3. The van der Waals surface area contributed by atoms with E-state index in [0.29, 0.717) is 23.5 Å². The van der Waals surface area contributed by atoms with Gasteiger partial charge in [0.2, 0.25) is 5.91 Å². The highest BCUT2D eigenvalue weighted by Crippen LogP contribution is 2.26. The lowest BCUT2D eigenvalue weighted by molar-refractivity contribution is -0.120. The minimum absolute atomic E-state index is 0.0555. The Bertz CT molecular complexity index is 1030. The van der Waals surface area contributed by atoms with E-state index in [0.717, 1.165) is 15.6 Å². The first-order valence-corrected chi connectivity index (χ1v) is 10.0. The van der Waals surface area contributed by atoms with E-state index >= 15 is 0 Å². The lowest BCUT2D eigenvalue weighted by atomic mass is 10.1. The number of carbonyl (C=O) groups excluding carboxylic acids is 2. The largest absolute Gasteiger partial charge is 0.504 e. The van der Waals surface area contributed by atoms with Crippen molar-refractivity contribution >= 4 is 33.4 Å². The molecule has 0 unspecified atom stereocenters. The zero-order valence-electron chi connectivity index (χ0n) is 16.3. The van der Waals surface area contributed by atoms with Crippen molar-refractivity contribution in [3.8, 4) is 11.5 Å². The Balaban J connectivity index is 1.51. The summed E-state index contributed by atoms with van der Waals surface area (Å²) >= 11 is 3.34. The minimum atomic E-state index is -0.197. The van der Waals surface area contributed by atoms with Crippen LogP contribution < -0.4 is 15.4 Å². The average Bonchev–Trinajstić information content (AvgIpc) is 2.75. The number of hydrogen-bond acceptors (Lipinski definition) is 4. The monoisotopic (exact) mass is 468 g/mol. The molecule has 3 rings (SSSR count). The number of amides is 2. The zero-order chi connectivity index (χ0) is 21.5. The van der Waals surface area contributed by atoms with Crippen LogP contribution in [-0.2, 0) is 17.8 Å². The topological polar surface area (TPSA) is 87.7 Å². The zero-order valence-corrected chi connectivity index (χ0v) is 17.9. The summed E-state index contributed by atoms with van der Waals surface area (Å²) < 4.78 is 5.97. The standard InChI is InChI=1S/C23H21BrN2O4/c1-30-21-12-16(4-11-20(21)27)14-25-22(28)13-15-2-9-19(10-3-15)26-23(29)17-5-7-18(24)8-6-17/h2-12,27H,13-14H2,1H3,(H,25,28)(H,26,29). The molecule has 0 spiro atoms. The predicted octanol–water partition coefficient (Wildman–Crippen LogP) is 4.27. The van der Waals surface area contributed by atoms with E-state index in [2.05, 4.69) is 26.6 Å². The molecule has 0 aliphatic heterocycles. The van der Waals surface area contributed by atoms with Gasteiger partial charge in [0.25, 0.3) is 5.91 Å². The molecule has 154 valence electrons. The van der Waals surface area contributed by atoms with Crippen LogP contribution >= 0.6 is 15.9 Å². The number of methoxy groups -OCH3 is 1. The van der Waals surface area contributed by atoms with Crippen LogP contribution in [0, 0.1) is 0 Å². The van der Waals surface area contributed by atoms with Crippen LogP contribution in [0.15, 0.2) is 71.2 Å². The van der Waals surface area contributed by atoms with Crippen molar-refractivity contribution < 1.29 is 19.4 Å². The van der Waals surface area contributed by atoms with Crippen LogP contribution in [0.1, 0.15) is 21.5 Å². The van der Waals surface area contributed by atoms with Crippen molar-refractivity contribution in [2.24, 2.45) is 0 Å². The number of aromatic hydroxyl groups is 1. The van der Waals surface area contributed by atoms with E-state index in [1.165, 1.54) is 13.2 Å². The molecule has 0 radical (unpaired) electrons. The summed E-state index contributed by atoms with van der Waals surface area (Å²) in [6, 6.07) is 19.2. The maximum absolute atomic E-state index is 12.3. The number of ether oxygens (including phenoxy) is 1. The van der Waals surface area contributed by atoms with Gasteiger partial charge >= 0.3 is 0 Å². The third kappa shape index (κ3) is 5.84. The van der Waals surface area contributed by atoms with Gasteiger partial charge in [0.1, 0.15) is 0 Å². The Morgan fingerprint density at radius 3 is 2.30 bits per heavy atom. The third-order valence-electron chi connectivity index (χ3n) is 4.42. The van der Waals surface area contributed by atoms with Crippen molar-refractivity contribution in [1.29, 1.82) is 0 Å². The number of hydrogen-bond donors (Lipinski definition) is 3. The van der Waals surface area contributed by atoms with E-state index in [4.69, 9.17) is 4.74 Å². The highest BCUT2D eigenvalue weighted by atomic mass is 79.9. The summed E-state index contributed by atoms with van der Waals surface area (Å²) in [5, 5.41) is 15.3. The molecule has 0 aromatic heterocycles. The summed E-state index contributed by atoms with van der Waals surface area (Å²) in [4.78, 5) is 24.5. The second-order valence-corrected chi connectivity index (χ2v) is 7.53. The Kier molecular flexibility index (Phi) is 7.08. The van der Waals surface area contributed by atoms with E-state index in [-0.39, 0.29) is 24.0 Å². The fraction of sp³-hybridized carbons (Fsp3) is 0.130. The molecule has 3 N–H and O–H groups in total. The first-order valence-electron chi connectivity index (χ1n) is 9.23. The van der Waals surface area contributed by atoms with Crippen molar-refractivity contribution in [2.45, 2.75) is 13.0 Å². The number of nitrogens with one attached hydrogen (secondary N) is 2. The van der Waals surface area contributed by atoms with Gasteiger partial charge in [-0.25, -0.2) is 0 Å². The maximum Gasteiger partial charge on any atom is 0.255 e. The normalized spacial score (nSPS) is 10.3. The van der Waals surface area contributed by atoms with Gasteiger partial charge in [-0.15, -0.1) is 0 Å². The fourth-order valence-electron chi connectivity index (χ4n) is 2.79. The van der Waals surface area contributed by atoms with E-state index in [1.807, 2.05) is 12.1 Å². The molecular formula is C23H21BrN2O4. The number of anilines is 1. The summed E-state index contributed by atoms with van der Waals surface area (Å²) in [7, 11) is 1.47. The lowest BCUT2D eigenvalue weighted by Gasteiger charge is -2.09. The molecule has 0 heterocycles. The van der Waals surface area contributed by atoms with Gasteiger partial charge in [0.15, 0.2) is 11.5 Å². The number of phenols is 1. The Hall–Kier alpha value is -3.32. The van der Waals surface area contributed by atoms with E-state index in [9.17, 15) is 14.7 Å². The minimum Gasteiger partial charge on any atom is -0.504 e. The Morgan fingerprint density at radius 2 is 1.63 bits per heavy atom. The second-order valence-electron chi connectivity index (χ2n) is 6.62. The molecule has 3 aromatic carbocycles. The highest BCUT2D eigenvalue weighted by Gasteiger charge is 2.08. The SMILES string of the molecule is COc1cc(CNC(=O)Cc2ccc(NC(=O)c3ccc(Br)cc3)cc2)ccc1O. The molecule has 0 saturated carbocycles. The summed E-state index contributed by atoms with van der Waals surface area (Å²) in [6.07, 6.45) is 0.218. The molecule has 0 bridgehead atoms. The Labute approximate surface area is 183 Å². The quantitative estimate of drug-likeness (QED) is 0.482. The van der Waals surface area contributed by atoms with Crippen LogP contribution in [0.3, 0.4) is 0 Å². The van der Waals surface area contributed by atoms with Crippen molar-refractivity contribution in [2.75, 3.05) is 12.4 Å². The first-order chi connectivity index (χ1) is 14.4. The van der Waals surface area contributed by atoms with Gasteiger partial charge in [0, 0.05) is 22.3 Å². The number of halogens is 1. The van der Waals surface area contributed by atoms with Gasteiger partial charge in [-0.05, 0) is 59.7 Å². The molecule has 0 aliphatic rings. The Morgan fingerprint density at radius 1 is 0.967 bits per heavy atom. The lowest BCUT2D eigenvalue weighted by Crippen LogP contribution is -2.24. The highest BCUT2D eigenvalue weighted by molar-refractivity contribution is 9.10. The van der Waals surface area contributed by atoms with Crippen LogP contribution in [0.2, 0.25) is 0 Å². The molecule has 2 amide bonds. The number of benzene rings is 3. The predicted molar refractivity (Wildman–Crippen MR) is 119 cm³/mol. The van der Waals surface area contributed by atoms with Crippen molar-refractivity contribution in [3.63, 3.8) is 0 Å². The van der Waals surface area contributed by atoms with Gasteiger partial charge in [0.05, 0.1) is 13.5 Å². The summed E-state index contributed by atoms with van der Waals surface area (Å²) in [5.74, 6) is 0.0911. The van der Waals surface area contributed by atoms with Crippen LogP contribution in [-0.4, -0.2) is 24.0 Å².